The number of hydrazine groups is 1. The van der Waals surface area contributed by atoms with E-state index in [9.17, 15) is 0 Å². The second-order valence-corrected chi connectivity index (χ2v) is 4.74. The molecule has 0 saturated carbocycles. The summed E-state index contributed by atoms with van der Waals surface area (Å²) in [5, 5.41) is 0. The lowest BCUT2D eigenvalue weighted by Crippen LogP contribution is -2.17. The normalized spacial score (nSPS) is 12.2. The van der Waals surface area contributed by atoms with Gasteiger partial charge in [0.1, 0.15) is 11.9 Å². The second-order valence-electron chi connectivity index (χ2n) is 4.74. The lowest BCUT2D eigenvalue weighted by atomic mass is 10.1. The molecule has 1 unspecified atom stereocenters. The van der Waals surface area contributed by atoms with Crippen LogP contribution in [0.3, 0.4) is 0 Å². The Balaban J connectivity index is 2.48. The Kier molecular flexibility index (Phi) is 5.25. The van der Waals surface area contributed by atoms with Crippen LogP contribution in [0.2, 0.25) is 0 Å². The van der Waals surface area contributed by atoms with Gasteiger partial charge in [0.05, 0.1) is 0 Å². The van der Waals surface area contributed by atoms with Gasteiger partial charge < -0.3 is 10.2 Å². The number of nitrogens with one attached hydrogen (secondary N) is 1. The average molecular weight is 286 g/mol. The number of rotatable bonds is 6. The van der Waals surface area contributed by atoms with Gasteiger partial charge in [0.2, 0.25) is 0 Å². The minimum Gasteiger partial charge on any atom is -0.366 e. The van der Waals surface area contributed by atoms with Crippen LogP contribution in [0.5, 0.6) is 0 Å². The molecule has 21 heavy (non-hydrogen) atoms. The summed E-state index contributed by atoms with van der Waals surface area (Å²) in [7, 11) is 0. The largest absolute Gasteiger partial charge is 0.366 e. The number of nitrogens with zero attached hydrogens (tertiary/aromatic N) is 2. The molecule has 0 spiro atoms. The molecule has 112 valence electrons. The van der Waals surface area contributed by atoms with Crippen LogP contribution in [0.25, 0.3) is 0 Å². The summed E-state index contributed by atoms with van der Waals surface area (Å²) in [5.41, 5.74) is 5.66. The van der Waals surface area contributed by atoms with Crippen molar-refractivity contribution in [1.29, 1.82) is 0 Å². The number of hydrogen-bond donors (Lipinski definition) is 2. The molecule has 0 radical (unpaired) electrons. The van der Waals surface area contributed by atoms with Gasteiger partial charge in [-0.25, -0.2) is 15.8 Å². The van der Waals surface area contributed by atoms with Gasteiger partial charge in [-0.15, -0.1) is 0 Å². The van der Waals surface area contributed by atoms with Gasteiger partial charge in [0, 0.05) is 17.9 Å². The Labute approximate surface area is 125 Å². The molecule has 0 aliphatic rings. The van der Waals surface area contributed by atoms with Crippen molar-refractivity contribution in [3.63, 3.8) is 0 Å². The predicted octanol–water partition coefficient (Wildman–Crippen LogP) is 2.76. The highest BCUT2D eigenvalue weighted by Crippen LogP contribution is 2.26. The Morgan fingerprint density at radius 2 is 1.90 bits per heavy atom. The van der Waals surface area contributed by atoms with E-state index in [0.717, 1.165) is 23.2 Å². The van der Waals surface area contributed by atoms with E-state index in [1.165, 1.54) is 0 Å². The molecular weight excluding hydrogens is 264 g/mol. The zero-order valence-electron chi connectivity index (χ0n) is 12.8. The van der Waals surface area contributed by atoms with Crippen LogP contribution in [0.1, 0.15) is 42.6 Å². The summed E-state index contributed by atoms with van der Waals surface area (Å²) >= 11 is 0. The van der Waals surface area contributed by atoms with Gasteiger partial charge in [-0.1, -0.05) is 37.3 Å². The smallest absolute Gasteiger partial charge is 0.164 e. The molecule has 3 N–H and O–H groups in total. The fourth-order valence-corrected chi connectivity index (χ4v) is 2.39. The number of nitrogen functional groups attached to an aromatic ring is 1. The molecule has 2 rings (SSSR count). The molecule has 0 fully saturated rings. The average Bonchev–Trinajstić information content (AvgIpc) is 2.52. The highest BCUT2D eigenvalue weighted by Gasteiger charge is 2.20. The standard InChI is InChI=1S/C16H22N4O/c1-4-13-11(3)18-16(19-15(13)20-17)14(21-5-2)12-9-7-6-8-10-12/h6-10,14H,4-5,17H2,1-3H3,(H,18,19,20). The summed E-state index contributed by atoms with van der Waals surface area (Å²) in [6.07, 6.45) is 0.545. The zero-order valence-corrected chi connectivity index (χ0v) is 12.8. The topological polar surface area (TPSA) is 73.1 Å². The molecule has 1 aromatic heterocycles. The van der Waals surface area contributed by atoms with Crippen molar-refractivity contribution in [2.75, 3.05) is 12.0 Å². The van der Waals surface area contributed by atoms with E-state index in [-0.39, 0.29) is 6.10 Å². The number of aromatic nitrogens is 2. The molecule has 2 aromatic rings. The minimum absolute atomic E-state index is 0.284. The van der Waals surface area contributed by atoms with Gasteiger partial charge in [0.15, 0.2) is 5.82 Å². The third kappa shape index (κ3) is 3.37. The van der Waals surface area contributed by atoms with Gasteiger partial charge in [-0.2, -0.15) is 0 Å². The number of ether oxygens (including phenoxy) is 1. The number of hydrogen-bond acceptors (Lipinski definition) is 5. The van der Waals surface area contributed by atoms with E-state index >= 15 is 0 Å². The van der Waals surface area contributed by atoms with Crippen LogP contribution >= 0.6 is 0 Å². The van der Waals surface area contributed by atoms with Crippen LogP contribution in [0.15, 0.2) is 30.3 Å². The first kappa shape index (κ1) is 15.4. The van der Waals surface area contributed by atoms with Crippen molar-refractivity contribution < 1.29 is 4.74 Å². The first-order valence-electron chi connectivity index (χ1n) is 7.21. The van der Waals surface area contributed by atoms with E-state index in [0.29, 0.717) is 18.2 Å². The van der Waals surface area contributed by atoms with Gasteiger partial charge in [-0.3, -0.25) is 0 Å². The van der Waals surface area contributed by atoms with E-state index in [2.05, 4.69) is 22.3 Å². The lowest BCUT2D eigenvalue weighted by molar-refractivity contribution is 0.0850. The van der Waals surface area contributed by atoms with Crippen molar-refractivity contribution in [3.8, 4) is 0 Å². The van der Waals surface area contributed by atoms with Crippen LogP contribution in [0.4, 0.5) is 5.82 Å². The Bertz CT molecular complexity index is 586. The third-order valence-electron chi connectivity index (χ3n) is 3.39. The van der Waals surface area contributed by atoms with Crippen molar-refractivity contribution in [2.45, 2.75) is 33.3 Å². The number of aryl methyl sites for hydroxylation is 1. The summed E-state index contributed by atoms with van der Waals surface area (Å²) < 4.78 is 5.85. The molecule has 0 aliphatic carbocycles. The molecular formula is C16H22N4O. The van der Waals surface area contributed by atoms with E-state index in [4.69, 9.17) is 10.6 Å². The van der Waals surface area contributed by atoms with Crippen LogP contribution in [0, 0.1) is 6.92 Å². The van der Waals surface area contributed by atoms with Crippen LogP contribution in [-0.4, -0.2) is 16.6 Å². The second kappa shape index (κ2) is 7.15. The third-order valence-corrected chi connectivity index (χ3v) is 3.39. The van der Waals surface area contributed by atoms with Crippen molar-refractivity contribution in [3.05, 3.63) is 53.0 Å². The SMILES string of the molecule is CCOC(c1ccccc1)c1nc(C)c(CC)c(NN)n1. The first-order chi connectivity index (χ1) is 10.2. The molecule has 1 atom stereocenters. The Morgan fingerprint density at radius 1 is 1.19 bits per heavy atom. The highest BCUT2D eigenvalue weighted by molar-refractivity contribution is 5.46. The fraction of sp³-hybridized carbons (Fsp3) is 0.375. The van der Waals surface area contributed by atoms with E-state index in [1.807, 2.05) is 44.2 Å². The van der Waals surface area contributed by atoms with Crippen molar-refractivity contribution in [2.24, 2.45) is 5.84 Å². The molecule has 1 aromatic carbocycles. The maximum Gasteiger partial charge on any atom is 0.164 e. The monoisotopic (exact) mass is 286 g/mol. The molecule has 0 saturated heterocycles. The molecule has 1 heterocycles. The molecule has 0 amide bonds. The first-order valence-corrected chi connectivity index (χ1v) is 7.21. The van der Waals surface area contributed by atoms with Gasteiger partial charge in [-0.05, 0) is 25.8 Å². The highest BCUT2D eigenvalue weighted by atomic mass is 16.5. The molecule has 0 aliphatic heterocycles. The maximum atomic E-state index is 5.85. The summed E-state index contributed by atoms with van der Waals surface area (Å²) in [6.45, 7) is 6.58. The van der Waals surface area contributed by atoms with Crippen LogP contribution in [-0.2, 0) is 11.2 Å². The maximum absolute atomic E-state index is 5.85. The summed E-state index contributed by atoms with van der Waals surface area (Å²) in [4.78, 5) is 9.16. The molecule has 5 nitrogen and oxygen atoms in total. The van der Waals surface area contributed by atoms with Crippen molar-refractivity contribution in [1.82, 2.24) is 9.97 Å². The number of nitrogens with two attached hydrogens (primary N) is 1. The Hall–Kier alpha value is -1.98. The predicted molar refractivity (Wildman–Crippen MR) is 83.9 cm³/mol. The molecule has 0 bridgehead atoms. The summed E-state index contributed by atoms with van der Waals surface area (Å²) in [6, 6.07) is 9.98. The summed E-state index contributed by atoms with van der Waals surface area (Å²) in [5.74, 6) is 6.89. The van der Waals surface area contributed by atoms with E-state index in [1.54, 1.807) is 0 Å². The van der Waals surface area contributed by atoms with Gasteiger partial charge in [0.25, 0.3) is 0 Å². The number of anilines is 1. The van der Waals surface area contributed by atoms with E-state index < -0.39 is 0 Å². The lowest BCUT2D eigenvalue weighted by Gasteiger charge is -2.19. The fourth-order valence-electron chi connectivity index (χ4n) is 2.39. The number of benzene rings is 1. The molecule has 5 heteroatoms. The van der Waals surface area contributed by atoms with Crippen molar-refractivity contribution >= 4 is 5.82 Å². The zero-order chi connectivity index (χ0) is 15.2. The minimum atomic E-state index is -0.284. The Morgan fingerprint density at radius 3 is 2.48 bits per heavy atom. The quantitative estimate of drug-likeness (QED) is 0.631. The van der Waals surface area contributed by atoms with Crippen LogP contribution < -0.4 is 11.3 Å². The van der Waals surface area contributed by atoms with Gasteiger partial charge >= 0.3 is 0 Å².